The van der Waals surface area contributed by atoms with Crippen LogP contribution in [0.4, 0.5) is 23.1 Å². The highest BCUT2D eigenvalue weighted by Crippen LogP contribution is 2.40. The van der Waals surface area contributed by atoms with Crippen LogP contribution < -0.4 is 24.8 Å². The molecule has 3 aromatic heterocycles. The van der Waals surface area contributed by atoms with Gasteiger partial charge in [0.15, 0.2) is 11.5 Å². The van der Waals surface area contributed by atoms with Crippen molar-refractivity contribution in [3.05, 3.63) is 66.6 Å². The molecule has 0 fully saturated rings. The molecule has 0 saturated carbocycles. The van der Waals surface area contributed by atoms with Crippen LogP contribution in [0, 0.1) is 6.92 Å². The van der Waals surface area contributed by atoms with E-state index < -0.39 is 0 Å². The summed E-state index contributed by atoms with van der Waals surface area (Å²) in [6, 6.07) is 15.0. The Morgan fingerprint density at radius 2 is 1.55 bits per heavy atom. The molecule has 0 bridgehead atoms. The number of hydrogen-bond donors (Lipinski definition) is 2. The third-order valence-corrected chi connectivity index (χ3v) is 4.78. The summed E-state index contributed by atoms with van der Waals surface area (Å²) in [5, 5.41) is 6.51. The maximum Gasteiger partial charge on any atom is 0.229 e. The summed E-state index contributed by atoms with van der Waals surface area (Å²) < 4.78 is 16.2. The molecule has 3 heterocycles. The first kappa shape index (κ1) is 21.8. The zero-order valence-electron chi connectivity index (χ0n) is 18.8. The average Bonchev–Trinajstić information content (AvgIpc) is 2.85. The third-order valence-electron chi connectivity index (χ3n) is 4.78. The smallest absolute Gasteiger partial charge is 0.229 e. The summed E-state index contributed by atoms with van der Waals surface area (Å²) >= 11 is 0. The summed E-state index contributed by atoms with van der Waals surface area (Å²) in [5.41, 5.74) is 3.89. The summed E-state index contributed by atoms with van der Waals surface area (Å²) in [7, 11) is 4.69. The van der Waals surface area contributed by atoms with Gasteiger partial charge in [0.2, 0.25) is 11.7 Å². The standard InChI is InChI=1S/C24H24N6O3/c1-15-8-9-18(22(27-15)17-7-5-6-11-25-17)29-21-10-12-26-24(30-21)28-16-13-19(31-2)23(33-4)20(14-16)32-3/h5-14H,1-4H3,(H2,26,28,29,30). The molecule has 0 amide bonds. The number of hydrogen-bond acceptors (Lipinski definition) is 9. The van der Waals surface area contributed by atoms with Gasteiger partial charge in [-0.1, -0.05) is 6.07 Å². The summed E-state index contributed by atoms with van der Waals surface area (Å²) in [5.74, 6) is 2.56. The minimum absolute atomic E-state index is 0.397. The molecule has 9 heteroatoms. The zero-order valence-corrected chi connectivity index (χ0v) is 18.8. The van der Waals surface area contributed by atoms with E-state index in [9.17, 15) is 0 Å². The van der Waals surface area contributed by atoms with Crippen LogP contribution in [-0.4, -0.2) is 41.3 Å². The Hall–Kier alpha value is -4.40. The third kappa shape index (κ3) is 4.93. The quantitative estimate of drug-likeness (QED) is 0.398. The molecule has 168 valence electrons. The summed E-state index contributed by atoms with van der Waals surface area (Å²) in [4.78, 5) is 18.0. The van der Waals surface area contributed by atoms with Crippen molar-refractivity contribution in [2.75, 3.05) is 32.0 Å². The van der Waals surface area contributed by atoms with Crippen molar-refractivity contribution in [2.24, 2.45) is 0 Å². The van der Waals surface area contributed by atoms with E-state index in [2.05, 4.69) is 30.6 Å². The average molecular weight is 444 g/mol. The number of anilines is 4. The number of ether oxygens (including phenoxy) is 3. The number of aryl methyl sites for hydroxylation is 1. The van der Waals surface area contributed by atoms with E-state index in [0.29, 0.717) is 34.7 Å². The molecule has 0 spiro atoms. The van der Waals surface area contributed by atoms with Crippen molar-refractivity contribution in [3.63, 3.8) is 0 Å². The van der Waals surface area contributed by atoms with E-state index in [0.717, 1.165) is 22.8 Å². The van der Waals surface area contributed by atoms with Gasteiger partial charge in [-0.25, -0.2) is 9.97 Å². The second kappa shape index (κ2) is 9.82. The van der Waals surface area contributed by atoms with Gasteiger partial charge in [0, 0.05) is 35.9 Å². The number of pyridine rings is 2. The lowest BCUT2D eigenvalue weighted by atomic mass is 10.2. The number of rotatable bonds is 8. The van der Waals surface area contributed by atoms with E-state index in [1.807, 2.05) is 37.3 Å². The molecule has 0 aliphatic rings. The van der Waals surface area contributed by atoms with E-state index >= 15 is 0 Å². The van der Waals surface area contributed by atoms with Crippen LogP contribution in [0.25, 0.3) is 11.4 Å². The number of nitrogens with one attached hydrogen (secondary N) is 2. The normalized spacial score (nSPS) is 10.4. The predicted molar refractivity (Wildman–Crippen MR) is 127 cm³/mol. The topological polar surface area (TPSA) is 103 Å². The Balaban J connectivity index is 1.62. The summed E-state index contributed by atoms with van der Waals surface area (Å²) in [6.07, 6.45) is 3.41. The van der Waals surface area contributed by atoms with Crippen LogP contribution in [0.2, 0.25) is 0 Å². The minimum atomic E-state index is 0.397. The fourth-order valence-corrected chi connectivity index (χ4v) is 3.26. The summed E-state index contributed by atoms with van der Waals surface area (Å²) in [6.45, 7) is 1.94. The van der Waals surface area contributed by atoms with Crippen molar-refractivity contribution >= 4 is 23.1 Å². The molecule has 0 aliphatic heterocycles. The highest BCUT2D eigenvalue weighted by molar-refractivity contribution is 5.75. The maximum atomic E-state index is 5.41. The van der Waals surface area contributed by atoms with E-state index in [-0.39, 0.29) is 0 Å². The predicted octanol–water partition coefficient (Wildman–Crippen LogP) is 4.76. The van der Waals surface area contributed by atoms with Crippen LogP contribution in [-0.2, 0) is 0 Å². The molecular weight excluding hydrogens is 420 g/mol. The molecule has 0 unspecified atom stereocenters. The van der Waals surface area contributed by atoms with Crippen LogP contribution in [0.1, 0.15) is 5.69 Å². The second-order valence-corrected chi connectivity index (χ2v) is 6.99. The van der Waals surface area contributed by atoms with Gasteiger partial charge in [-0.2, -0.15) is 4.98 Å². The zero-order chi connectivity index (χ0) is 23.2. The van der Waals surface area contributed by atoms with Crippen LogP contribution in [0.5, 0.6) is 17.2 Å². The molecule has 0 saturated heterocycles. The number of benzene rings is 1. The molecule has 2 N–H and O–H groups in total. The number of methoxy groups -OCH3 is 3. The fraction of sp³-hybridized carbons (Fsp3) is 0.167. The van der Waals surface area contributed by atoms with E-state index in [1.165, 1.54) is 0 Å². The van der Waals surface area contributed by atoms with Crippen molar-refractivity contribution in [1.82, 2.24) is 19.9 Å². The van der Waals surface area contributed by atoms with Crippen molar-refractivity contribution in [2.45, 2.75) is 6.92 Å². The Morgan fingerprint density at radius 1 is 0.758 bits per heavy atom. The van der Waals surface area contributed by atoms with Gasteiger partial charge >= 0.3 is 0 Å². The Morgan fingerprint density at radius 3 is 2.21 bits per heavy atom. The lowest BCUT2D eigenvalue weighted by Crippen LogP contribution is -2.03. The minimum Gasteiger partial charge on any atom is -0.493 e. The first-order valence-electron chi connectivity index (χ1n) is 10.2. The van der Waals surface area contributed by atoms with Crippen LogP contribution in [0.3, 0.4) is 0 Å². The van der Waals surface area contributed by atoms with Gasteiger partial charge in [0.05, 0.1) is 32.7 Å². The number of aromatic nitrogens is 4. The maximum absolute atomic E-state index is 5.41. The lowest BCUT2D eigenvalue weighted by Gasteiger charge is -2.15. The molecular formula is C24H24N6O3. The molecule has 0 radical (unpaired) electrons. The first-order chi connectivity index (χ1) is 16.1. The van der Waals surface area contributed by atoms with Crippen molar-refractivity contribution in [1.29, 1.82) is 0 Å². The van der Waals surface area contributed by atoms with Crippen molar-refractivity contribution in [3.8, 4) is 28.6 Å². The van der Waals surface area contributed by atoms with Gasteiger partial charge in [-0.15, -0.1) is 0 Å². The Bertz CT molecular complexity index is 1230. The molecule has 33 heavy (non-hydrogen) atoms. The molecule has 0 atom stereocenters. The molecule has 4 aromatic rings. The fourth-order valence-electron chi connectivity index (χ4n) is 3.26. The lowest BCUT2D eigenvalue weighted by molar-refractivity contribution is 0.324. The highest BCUT2D eigenvalue weighted by Gasteiger charge is 2.14. The van der Waals surface area contributed by atoms with E-state index in [1.54, 1.807) is 51.9 Å². The number of nitrogens with zero attached hydrogens (tertiary/aromatic N) is 4. The highest BCUT2D eigenvalue weighted by atomic mass is 16.5. The second-order valence-electron chi connectivity index (χ2n) is 6.99. The molecule has 9 nitrogen and oxygen atoms in total. The van der Waals surface area contributed by atoms with Gasteiger partial charge in [0.25, 0.3) is 0 Å². The Kier molecular flexibility index (Phi) is 6.49. The van der Waals surface area contributed by atoms with Gasteiger partial charge in [0.1, 0.15) is 11.5 Å². The van der Waals surface area contributed by atoms with Gasteiger partial charge in [-0.05, 0) is 37.3 Å². The van der Waals surface area contributed by atoms with Gasteiger partial charge in [-0.3, -0.25) is 4.98 Å². The molecule has 1 aromatic carbocycles. The SMILES string of the molecule is COc1cc(Nc2nccc(Nc3ccc(C)nc3-c3ccccn3)n2)cc(OC)c1OC. The van der Waals surface area contributed by atoms with Crippen LogP contribution >= 0.6 is 0 Å². The Labute approximate surface area is 191 Å². The molecule has 4 rings (SSSR count). The van der Waals surface area contributed by atoms with E-state index in [4.69, 9.17) is 14.2 Å². The van der Waals surface area contributed by atoms with Gasteiger partial charge < -0.3 is 24.8 Å². The van der Waals surface area contributed by atoms with Crippen LogP contribution in [0.15, 0.2) is 60.9 Å². The molecule has 0 aliphatic carbocycles. The van der Waals surface area contributed by atoms with Crippen molar-refractivity contribution < 1.29 is 14.2 Å². The first-order valence-corrected chi connectivity index (χ1v) is 10.2. The largest absolute Gasteiger partial charge is 0.493 e. The monoisotopic (exact) mass is 444 g/mol.